The summed E-state index contributed by atoms with van der Waals surface area (Å²) < 4.78 is 27.1. The van der Waals surface area contributed by atoms with Crippen LogP contribution < -0.4 is 0 Å². The van der Waals surface area contributed by atoms with Gasteiger partial charge in [0.1, 0.15) is 25.9 Å². The van der Waals surface area contributed by atoms with E-state index in [1.165, 1.54) is 70.6 Å². The molecule has 1 fully saturated rings. The molecular weight excluding hydrogens is 481 g/mol. The smallest absolute Gasteiger partial charge is 0.463 e. The van der Waals surface area contributed by atoms with Crippen molar-refractivity contribution in [2.75, 3.05) is 47.5 Å². The first-order valence-electron chi connectivity index (χ1n) is 14.3. The van der Waals surface area contributed by atoms with E-state index in [1.807, 2.05) is 21.1 Å². The van der Waals surface area contributed by atoms with E-state index in [4.69, 9.17) is 13.8 Å². The predicted molar refractivity (Wildman–Crippen MR) is 144 cm³/mol. The highest BCUT2D eigenvalue weighted by atomic mass is 31.2. The van der Waals surface area contributed by atoms with Crippen LogP contribution in [0.3, 0.4) is 0 Å². The fraction of sp³-hybridized carbons (Fsp3) is 0.963. The molecule has 0 aliphatic heterocycles. The third kappa shape index (κ3) is 19.6. The number of phosphoric acid groups is 1. The van der Waals surface area contributed by atoms with Gasteiger partial charge in [-0.2, -0.15) is 0 Å². The van der Waals surface area contributed by atoms with E-state index in [0.717, 1.165) is 31.1 Å². The normalized spacial score (nSPS) is 20.2. The van der Waals surface area contributed by atoms with E-state index in [1.54, 1.807) is 0 Å². The number of esters is 1. The minimum atomic E-state index is -4.24. The van der Waals surface area contributed by atoms with Crippen LogP contribution in [0.5, 0.6) is 0 Å². The Hall–Kier alpha value is -0.500. The molecule has 0 amide bonds. The lowest BCUT2D eigenvalue weighted by atomic mass is 10.0. The Labute approximate surface area is 220 Å². The van der Waals surface area contributed by atoms with Gasteiger partial charge in [0.15, 0.2) is 0 Å². The van der Waals surface area contributed by atoms with Gasteiger partial charge in [-0.1, -0.05) is 84.0 Å². The number of phosphoric ester groups is 1. The molecule has 0 spiro atoms. The van der Waals surface area contributed by atoms with Gasteiger partial charge in [-0.25, -0.2) is 4.57 Å². The van der Waals surface area contributed by atoms with Gasteiger partial charge in [-0.05, 0) is 24.7 Å². The molecule has 0 saturated heterocycles. The number of nitrogens with zero attached hydrogens (tertiary/aromatic N) is 1. The number of unbranched alkanes of at least 4 members (excludes halogenated alkanes) is 9. The lowest BCUT2D eigenvalue weighted by Gasteiger charge is -2.24. The topological polar surface area (TPSA) is 102 Å². The Morgan fingerprint density at radius 2 is 1.44 bits per heavy atom. The summed E-state index contributed by atoms with van der Waals surface area (Å²) in [5.41, 5.74) is 0. The minimum Gasteiger partial charge on any atom is -0.463 e. The lowest BCUT2D eigenvalue weighted by molar-refractivity contribution is -0.870. The van der Waals surface area contributed by atoms with Crippen molar-refractivity contribution in [2.45, 2.75) is 109 Å². The second-order valence-corrected chi connectivity index (χ2v) is 13.0. The van der Waals surface area contributed by atoms with Crippen molar-refractivity contribution in [3.05, 3.63) is 0 Å². The average Bonchev–Trinajstić information content (AvgIpc) is 3.55. The fourth-order valence-corrected chi connectivity index (χ4v) is 5.11. The molecule has 1 aliphatic rings. The molecule has 9 heteroatoms. The van der Waals surface area contributed by atoms with Gasteiger partial charge in [-0.15, -0.1) is 0 Å². The van der Waals surface area contributed by atoms with Crippen LogP contribution >= 0.6 is 7.82 Å². The van der Waals surface area contributed by atoms with E-state index >= 15 is 0 Å². The van der Waals surface area contributed by atoms with Crippen LogP contribution in [0.15, 0.2) is 0 Å². The molecule has 0 aromatic heterocycles. The number of carbonyl (C=O) groups is 1. The van der Waals surface area contributed by atoms with Gasteiger partial charge in [0, 0.05) is 6.42 Å². The van der Waals surface area contributed by atoms with E-state index in [9.17, 15) is 19.4 Å². The minimum absolute atomic E-state index is 0.0580. The highest BCUT2D eigenvalue weighted by Gasteiger charge is 2.35. The molecule has 0 heterocycles. The van der Waals surface area contributed by atoms with Crippen molar-refractivity contribution in [2.24, 2.45) is 11.8 Å². The van der Waals surface area contributed by atoms with Crippen LogP contribution in [0, 0.1) is 11.8 Å². The number of hydrogen-bond acceptors (Lipinski definition) is 6. The Kier molecular flexibility index (Phi) is 17.4. The maximum Gasteiger partial charge on any atom is 0.472 e. The van der Waals surface area contributed by atoms with Gasteiger partial charge in [0.2, 0.25) is 0 Å². The Morgan fingerprint density at radius 1 is 0.889 bits per heavy atom. The first-order chi connectivity index (χ1) is 17.0. The second-order valence-electron chi connectivity index (χ2n) is 11.6. The largest absolute Gasteiger partial charge is 0.472 e. The first-order valence-corrected chi connectivity index (χ1v) is 15.8. The summed E-state index contributed by atoms with van der Waals surface area (Å²) in [7, 11) is 1.57. The van der Waals surface area contributed by atoms with Crippen LogP contribution in [0.25, 0.3) is 0 Å². The summed E-state index contributed by atoms with van der Waals surface area (Å²) in [6.45, 7) is 2.16. The van der Waals surface area contributed by atoms with E-state index in [-0.39, 0.29) is 19.2 Å². The van der Waals surface area contributed by atoms with Crippen molar-refractivity contribution in [1.29, 1.82) is 0 Å². The Bertz CT molecular complexity index is 626. The van der Waals surface area contributed by atoms with Crippen LogP contribution in [0.2, 0.25) is 0 Å². The summed E-state index contributed by atoms with van der Waals surface area (Å²) in [5.74, 6) is 1.68. The number of likely N-dealkylation sites (N-methyl/N-ethyl adjacent to an activating group) is 1. The summed E-state index contributed by atoms with van der Waals surface area (Å²) in [6.07, 6.45) is 17.1. The number of aliphatic hydroxyl groups is 1. The van der Waals surface area contributed by atoms with Gasteiger partial charge in [-0.3, -0.25) is 13.8 Å². The number of ether oxygens (including phenoxy) is 1. The van der Waals surface area contributed by atoms with Crippen LogP contribution in [0.4, 0.5) is 0 Å². The summed E-state index contributed by atoms with van der Waals surface area (Å²) in [6, 6.07) is 0. The van der Waals surface area contributed by atoms with Crippen LogP contribution in [-0.2, 0) is 23.1 Å². The van der Waals surface area contributed by atoms with E-state index < -0.39 is 20.5 Å². The first kappa shape index (κ1) is 33.5. The van der Waals surface area contributed by atoms with Gasteiger partial charge in [0.05, 0.1) is 27.7 Å². The van der Waals surface area contributed by atoms with Crippen molar-refractivity contribution < 1.29 is 37.6 Å². The Morgan fingerprint density at radius 3 is 2.03 bits per heavy atom. The Balaban J connectivity index is 1.90. The monoisotopic (exact) mass is 536 g/mol. The van der Waals surface area contributed by atoms with Gasteiger partial charge < -0.3 is 19.2 Å². The molecule has 214 valence electrons. The van der Waals surface area contributed by atoms with Gasteiger partial charge >= 0.3 is 13.8 Å². The zero-order chi connectivity index (χ0) is 26.9. The highest BCUT2D eigenvalue weighted by molar-refractivity contribution is 7.47. The van der Waals surface area contributed by atoms with Crippen LogP contribution in [-0.4, -0.2) is 74.1 Å². The molecule has 0 aromatic carbocycles. The molecule has 0 aromatic rings. The van der Waals surface area contributed by atoms with Gasteiger partial charge in [0.25, 0.3) is 0 Å². The highest BCUT2D eigenvalue weighted by Crippen LogP contribution is 2.46. The number of aliphatic hydroxyl groups excluding tert-OH is 1. The number of rotatable bonds is 24. The zero-order valence-electron chi connectivity index (χ0n) is 23.5. The fourth-order valence-electron chi connectivity index (χ4n) is 4.37. The van der Waals surface area contributed by atoms with Crippen molar-refractivity contribution in [3.8, 4) is 0 Å². The molecule has 2 N–H and O–H groups in total. The van der Waals surface area contributed by atoms with Crippen LogP contribution in [0.1, 0.15) is 103 Å². The molecule has 1 aliphatic carbocycles. The molecule has 4 atom stereocenters. The molecule has 1 rings (SSSR count). The SMILES string of the molecule is CCCCCC[C@H]1C[C@H]1CCCCCCCCCC(=O)OC[C@@H](O)COP(=O)(O)OCC[N+](C)(C)C. The van der Waals surface area contributed by atoms with Crippen molar-refractivity contribution in [1.82, 2.24) is 0 Å². The molecule has 8 nitrogen and oxygen atoms in total. The molecule has 36 heavy (non-hydrogen) atoms. The summed E-state index contributed by atoms with van der Waals surface area (Å²) in [5, 5.41) is 9.85. The predicted octanol–water partition coefficient (Wildman–Crippen LogP) is 5.85. The number of carbonyl (C=O) groups excluding carboxylic acids is 1. The summed E-state index contributed by atoms with van der Waals surface area (Å²) >= 11 is 0. The molecule has 0 bridgehead atoms. The third-order valence-corrected chi connectivity index (χ3v) is 7.82. The van der Waals surface area contributed by atoms with Crippen molar-refractivity contribution in [3.63, 3.8) is 0 Å². The molecule has 1 saturated carbocycles. The standard InChI is InChI=1S/C27H54NO7P/c1-5-6-7-13-16-24-21-25(24)17-14-11-9-8-10-12-15-18-27(30)33-22-26(29)23-35-36(31,32)34-20-19-28(2,3)4/h24-26,29H,5-23H2,1-4H3/p+1/t24-,25+,26+/m0/s1. The van der Waals surface area contributed by atoms with E-state index in [2.05, 4.69) is 6.92 Å². The average molecular weight is 537 g/mol. The maximum absolute atomic E-state index is 11.8. The van der Waals surface area contributed by atoms with Crippen molar-refractivity contribution >= 4 is 13.8 Å². The molecule has 1 unspecified atom stereocenters. The summed E-state index contributed by atoms with van der Waals surface area (Å²) in [4.78, 5) is 21.5. The molecule has 0 radical (unpaired) electrons. The quantitative estimate of drug-likeness (QED) is 0.0691. The maximum atomic E-state index is 11.8. The number of quaternary nitrogens is 1. The third-order valence-electron chi connectivity index (χ3n) is 6.84. The second kappa shape index (κ2) is 18.7. The zero-order valence-corrected chi connectivity index (χ0v) is 24.4. The molecular formula is C27H55NO7P+. The van der Waals surface area contributed by atoms with E-state index in [0.29, 0.717) is 17.4 Å². The number of hydrogen-bond donors (Lipinski definition) is 2. The lowest BCUT2D eigenvalue weighted by Crippen LogP contribution is -2.37.